The van der Waals surface area contributed by atoms with E-state index < -0.39 is 17.8 Å². The fourth-order valence-corrected chi connectivity index (χ4v) is 3.40. The van der Waals surface area contributed by atoms with Crippen LogP contribution in [0.2, 0.25) is 0 Å². The standard InChI is InChI=1S/C24H22F3N3O3/c25-24(26,27)19-6-11-22(28-16-19)32-20-7-9-21(10-8-20)33-23(31)30-14-12-29(13-15-30)17-18-4-2-1-3-5-18/h1-11,16H,12-15,17H2. The third-order valence-corrected chi connectivity index (χ3v) is 5.19. The molecule has 4 rings (SSSR count). The smallest absolute Gasteiger partial charge is 0.417 e. The van der Waals surface area contributed by atoms with Crippen LogP contribution in [0.15, 0.2) is 72.9 Å². The van der Waals surface area contributed by atoms with Gasteiger partial charge in [0.1, 0.15) is 11.5 Å². The van der Waals surface area contributed by atoms with E-state index in [-0.39, 0.29) is 5.88 Å². The monoisotopic (exact) mass is 457 g/mol. The average molecular weight is 457 g/mol. The Morgan fingerprint density at radius 1 is 0.879 bits per heavy atom. The molecule has 2 aromatic carbocycles. The predicted molar refractivity (Wildman–Crippen MR) is 115 cm³/mol. The van der Waals surface area contributed by atoms with Crippen LogP contribution in [0, 0.1) is 0 Å². The molecule has 0 N–H and O–H groups in total. The first-order chi connectivity index (χ1) is 15.9. The molecule has 0 aliphatic carbocycles. The van der Waals surface area contributed by atoms with E-state index in [1.807, 2.05) is 18.2 Å². The number of alkyl halides is 3. The van der Waals surface area contributed by atoms with Crippen molar-refractivity contribution in [3.8, 4) is 17.4 Å². The summed E-state index contributed by atoms with van der Waals surface area (Å²) in [6.45, 7) is 3.52. The van der Waals surface area contributed by atoms with Gasteiger partial charge in [0.2, 0.25) is 5.88 Å². The summed E-state index contributed by atoms with van der Waals surface area (Å²) in [5.74, 6) is 0.733. The highest BCUT2D eigenvalue weighted by molar-refractivity contribution is 5.70. The first-order valence-corrected chi connectivity index (χ1v) is 10.4. The van der Waals surface area contributed by atoms with Gasteiger partial charge in [-0.15, -0.1) is 0 Å². The van der Waals surface area contributed by atoms with E-state index in [2.05, 4.69) is 22.0 Å². The zero-order chi connectivity index (χ0) is 23.3. The largest absolute Gasteiger partial charge is 0.439 e. The molecule has 1 saturated heterocycles. The lowest BCUT2D eigenvalue weighted by Crippen LogP contribution is -2.49. The number of hydrogen-bond donors (Lipinski definition) is 0. The van der Waals surface area contributed by atoms with Gasteiger partial charge in [-0.1, -0.05) is 30.3 Å². The van der Waals surface area contributed by atoms with E-state index >= 15 is 0 Å². The van der Waals surface area contributed by atoms with E-state index in [1.54, 1.807) is 29.2 Å². The topological polar surface area (TPSA) is 54.9 Å². The van der Waals surface area contributed by atoms with Crippen molar-refractivity contribution in [3.05, 3.63) is 84.1 Å². The first-order valence-electron chi connectivity index (χ1n) is 10.4. The maximum Gasteiger partial charge on any atom is 0.417 e. The molecule has 3 aromatic rings. The number of benzene rings is 2. The summed E-state index contributed by atoms with van der Waals surface area (Å²) in [7, 11) is 0. The van der Waals surface area contributed by atoms with Crippen LogP contribution in [0.3, 0.4) is 0 Å². The van der Waals surface area contributed by atoms with Gasteiger partial charge in [0.05, 0.1) is 5.56 Å². The molecule has 1 fully saturated rings. The summed E-state index contributed by atoms with van der Waals surface area (Å²) in [6.07, 6.45) is -4.16. The van der Waals surface area contributed by atoms with Crippen LogP contribution in [0.4, 0.5) is 18.0 Å². The molecule has 1 aliphatic rings. The molecule has 33 heavy (non-hydrogen) atoms. The molecular weight excluding hydrogens is 435 g/mol. The number of piperazine rings is 1. The predicted octanol–water partition coefficient (Wildman–Crippen LogP) is 5.21. The van der Waals surface area contributed by atoms with E-state index in [4.69, 9.17) is 9.47 Å². The van der Waals surface area contributed by atoms with E-state index in [0.717, 1.165) is 31.8 Å². The number of rotatable bonds is 5. The van der Waals surface area contributed by atoms with Gasteiger partial charge in [0, 0.05) is 45.0 Å². The number of aromatic nitrogens is 1. The van der Waals surface area contributed by atoms with Crippen molar-refractivity contribution in [2.75, 3.05) is 26.2 Å². The van der Waals surface area contributed by atoms with E-state index in [1.165, 1.54) is 5.56 Å². The first kappa shape index (κ1) is 22.6. The Kier molecular flexibility index (Phi) is 6.79. The summed E-state index contributed by atoms with van der Waals surface area (Å²) in [6, 6.07) is 18.5. The van der Waals surface area contributed by atoms with Crippen molar-refractivity contribution in [1.29, 1.82) is 0 Å². The fraction of sp³-hybridized carbons (Fsp3) is 0.250. The molecule has 0 radical (unpaired) electrons. The van der Waals surface area contributed by atoms with Gasteiger partial charge in [-0.2, -0.15) is 13.2 Å². The normalized spacial score (nSPS) is 14.7. The molecule has 1 amide bonds. The molecule has 0 bridgehead atoms. The SMILES string of the molecule is O=C(Oc1ccc(Oc2ccc(C(F)(F)F)cn2)cc1)N1CCN(Cc2ccccc2)CC1. The van der Waals surface area contributed by atoms with Gasteiger partial charge < -0.3 is 14.4 Å². The van der Waals surface area contributed by atoms with Crippen molar-refractivity contribution in [2.45, 2.75) is 12.7 Å². The van der Waals surface area contributed by atoms with Crippen LogP contribution < -0.4 is 9.47 Å². The molecule has 6 nitrogen and oxygen atoms in total. The molecule has 0 saturated carbocycles. The van der Waals surface area contributed by atoms with Crippen LogP contribution in [-0.4, -0.2) is 47.1 Å². The molecule has 0 atom stereocenters. The fourth-order valence-electron chi connectivity index (χ4n) is 3.40. The van der Waals surface area contributed by atoms with Crippen molar-refractivity contribution < 1.29 is 27.4 Å². The number of carbonyl (C=O) groups excluding carboxylic acids is 1. The lowest BCUT2D eigenvalue weighted by atomic mass is 10.2. The Balaban J connectivity index is 1.25. The molecule has 9 heteroatoms. The molecule has 2 heterocycles. The van der Waals surface area contributed by atoms with Gasteiger partial charge in [0.15, 0.2) is 0 Å². The molecule has 1 aliphatic heterocycles. The zero-order valence-corrected chi connectivity index (χ0v) is 17.7. The maximum absolute atomic E-state index is 12.6. The minimum atomic E-state index is -4.45. The van der Waals surface area contributed by atoms with Gasteiger partial charge in [-0.25, -0.2) is 9.78 Å². The van der Waals surface area contributed by atoms with Crippen LogP contribution in [-0.2, 0) is 12.7 Å². The van der Waals surface area contributed by atoms with Gasteiger partial charge in [-0.3, -0.25) is 4.90 Å². The Morgan fingerprint density at radius 2 is 1.55 bits per heavy atom. The second-order valence-corrected chi connectivity index (χ2v) is 7.57. The number of ether oxygens (including phenoxy) is 2. The summed E-state index contributed by atoms with van der Waals surface area (Å²) in [4.78, 5) is 20.1. The molecule has 0 spiro atoms. The summed E-state index contributed by atoms with van der Waals surface area (Å²) >= 11 is 0. The van der Waals surface area contributed by atoms with Crippen LogP contribution in [0.5, 0.6) is 17.4 Å². The number of pyridine rings is 1. The Morgan fingerprint density at radius 3 is 2.15 bits per heavy atom. The lowest BCUT2D eigenvalue weighted by Gasteiger charge is -2.34. The van der Waals surface area contributed by atoms with Gasteiger partial charge in [-0.05, 0) is 35.9 Å². The second-order valence-electron chi connectivity index (χ2n) is 7.57. The minimum Gasteiger partial charge on any atom is -0.439 e. The number of carbonyl (C=O) groups is 1. The zero-order valence-electron chi connectivity index (χ0n) is 17.7. The molecule has 1 aromatic heterocycles. The highest BCUT2D eigenvalue weighted by atomic mass is 19.4. The van der Waals surface area contributed by atoms with Crippen molar-refractivity contribution in [3.63, 3.8) is 0 Å². The van der Waals surface area contributed by atoms with Gasteiger partial charge in [0.25, 0.3) is 0 Å². The summed E-state index contributed by atoms with van der Waals surface area (Å²) in [5, 5.41) is 0. The van der Waals surface area contributed by atoms with Crippen LogP contribution in [0.1, 0.15) is 11.1 Å². The minimum absolute atomic E-state index is 0.0288. The van der Waals surface area contributed by atoms with Crippen LogP contribution >= 0.6 is 0 Å². The number of halogens is 3. The Labute approximate surface area is 189 Å². The van der Waals surface area contributed by atoms with E-state index in [0.29, 0.717) is 30.8 Å². The lowest BCUT2D eigenvalue weighted by molar-refractivity contribution is -0.137. The van der Waals surface area contributed by atoms with Crippen molar-refractivity contribution in [1.82, 2.24) is 14.8 Å². The average Bonchev–Trinajstić information content (AvgIpc) is 2.81. The van der Waals surface area contributed by atoms with Crippen molar-refractivity contribution >= 4 is 6.09 Å². The third kappa shape index (κ3) is 6.23. The highest BCUT2D eigenvalue weighted by Gasteiger charge is 2.30. The van der Waals surface area contributed by atoms with Crippen molar-refractivity contribution in [2.24, 2.45) is 0 Å². The van der Waals surface area contributed by atoms with E-state index in [9.17, 15) is 18.0 Å². The summed E-state index contributed by atoms with van der Waals surface area (Å²) < 4.78 is 48.7. The quantitative estimate of drug-likeness (QED) is 0.527. The Bertz CT molecular complexity index is 1050. The van der Waals surface area contributed by atoms with Gasteiger partial charge >= 0.3 is 12.3 Å². The molecule has 0 unspecified atom stereocenters. The highest BCUT2D eigenvalue weighted by Crippen LogP contribution is 2.30. The number of nitrogens with zero attached hydrogens (tertiary/aromatic N) is 3. The third-order valence-electron chi connectivity index (χ3n) is 5.19. The number of hydrogen-bond acceptors (Lipinski definition) is 5. The Hall–Kier alpha value is -3.59. The van der Waals surface area contributed by atoms with Crippen LogP contribution in [0.25, 0.3) is 0 Å². The second kappa shape index (κ2) is 9.91. The number of amides is 1. The maximum atomic E-state index is 12.6. The molecule has 172 valence electrons. The summed E-state index contributed by atoms with van der Waals surface area (Å²) in [5.41, 5.74) is 0.389. The molecular formula is C24H22F3N3O3.